The highest BCUT2D eigenvalue weighted by atomic mass is 16.5. The van der Waals surface area contributed by atoms with Crippen LogP contribution in [0.15, 0.2) is 35.4 Å². The summed E-state index contributed by atoms with van der Waals surface area (Å²) in [5.74, 6) is 1.67. The molecular weight excluding hydrogens is 292 g/mol. The van der Waals surface area contributed by atoms with Crippen LogP contribution in [0.25, 0.3) is 0 Å². The fourth-order valence-corrected chi connectivity index (χ4v) is 2.13. The van der Waals surface area contributed by atoms with Crippen molar-refractivity contribution in [2.45, 2.75) is 40.2 Å². The molecule has 0 aromatic heterocycles. The summed E-state index contributed by atoms with van der Waals surface area (Å²) in [5.41, 5.74) is 3.35. The third kappa shape index (κ3) is 6.37. The molecule has 0 unspecified atom stereocenters. The molecule has 0 spiro atoms. The largest absolute Gasteiger partial charge is 0.493 e. The minimum Gasteiger partial charge on any atom is -0.493 e. The van der Waals surface area contributed by atoms with Crippen molar-refractivity contribution in [3.8, 4) is 17.2 Å². The second-order valence-electron chi connectivity index (χ2n) is 5.67. The minimum absolute atomic E-state index is 0.0730. The Morgan fingerprint density at radius 3 is 2.13 bits per heavy atom. The van der Waals surface area contributed by atoms with Crippen LogP contribution in [0.4, 0.5) is 0 Å². The molecule has 0 fully saturated rings. The van der Waals surface area contributed by atoms with Gasteiger partial charge in [0.05, 0.1) is 20.8 Å². The molecule has 0 atom stereocenters. The molecule has 23 heavy (non-hydrogen) atoms. The van der Waals surface area contributed by atoms with Gasteiger partial charge in [-0.1, -0.05) is 17.2 Å². The van der Waals surface area contributed by atoms with Gasteiger partial charge in [0, 0.05) is 0 Å². The van der Waals surface area contributed by atoms with E-state index in [1.54, 1.807) is 26.4 Å². The predicted octanol–water partition coefficient (Wildman–Crippen LogP) is 4.27. The summed E-state index contributed by atoms with van der Waals surface area (Å²) in [5, 5.41) is 9.27. The predicted molar refractivity (Wildman–Crippen MR) is 93.4 cm³/mol. The third-order valence-corrected chi connectivity index (χ3v) is 3.45. The van der Waals surface area contributed by atoms with Crippen LogP contribution in [-0.4, -0.2) is 25.9 Å². The van der Waals surface area contributed by atoms with Gasteiger partial charge in [0.2, 0.25) is 5.75 Å². The van der Waals surface area contributed by atoms with Gasteiger partial charge < -0.3 is 19.3 Å². The Kier molecular flexibility index (Phi) is 8.27. The molecule has 128 valence electrons. The normalized spacial score (nSPS) is 11.1. The molecular formula is C19H28O4. The minimum atomic E-state index is -0.0730. The van der Waals surface area contributed by atoms with Crippen molar-refractivity contribution in [1.82, 2.24) is 0 Å². The summed E-state index contributed by atoms with van der Waals surface area (Å²) in [6.45, 7) is 6.70. The Balaban J connectivity index is 2.75. The summed E-state index contributed by atoms with van der Waals surface area (Å²) in [6.07, 6.45) is 6.37. The number of allylic oxidation sites excluding steroid dienone is 3. The van der Waals surface area contributed by atoms with Crippen LogP contribution in [0, 0.1) is 0 Å². The van der Waals surface area contributed by atoms with Crippen molar-refractivity contribution in [3.63, 3.8) is 0 Å². The average molecular weight is 320 g/mol. The first kappa shape index (κ1) is 19.1. The van der Waals surface area contributed by atoms with Gasteiger partial charge in [-0.2, -0.15) is 0 Å². The lowest BCUT2D eigenvalue weighted by Crippen LogP contribution is -2.01. The lowest BCUT2D eigenvalue weighted by molar-refractivity contribution is 0.275. The Hall–Kier alpha value is -1.94. The molecule has 0 saturated heterocycles. The Morgan fingerprint density at radius 1 is 1.04 bits per heavy atom. The number of aliphatic hydroxyl groups excluding tert-OH is 1. The molecule has 4 nitrogen and oxygen atoms in total. The number of rotatable bonds is 9. The van der Waals surface area contributed by atoms with Crippen LogP contribution in [-0.2, 0) is 6.61 Å². The number of hydrogen-bond donors (Lipinski definition) is 1. The first-order valence-electron chi connectivity index (χ1n) is 7.79. The first-order chi connectivity index (χ1) is 11.0. The fourth-order valence-electron chi connectivity index (χ4n) is 2.13. The van der Waals surface area contributed by atoms with Crippen LogP contribution < -0.4 is 14.2 Å². The molecule has 0 bridgehead atoms. The number of aliphatic hydroxyl groups is 1. The topological polar surface area (TPSA) is 47.9 Å². The SMILES string of the molecule is COc1cc(CO)cc(OC)c1OC/C=C(\C)CCC=C(C)C. The Morgan fingerprint density at radius 2 is 1.65 bits per heavy atom. The maximum atomic E-state index is 9.27. The molecule has 0 aliphatic rings. The molecule has 0 aliphatic heterocycles. The highest BCUT2D eigenvalue weighted by Gasteiger charge is 2.13. The van der Waals surface area contributed by atoms with E-state index in [4.69, 9.17) is 14.2 Å². The lowest BCUT2D eigenvalue weighted by Gasteiger charge is -2.15. The summed E-state index contributed by atoms with van der Waals surface area (Å²) in [7, 11) is 3.15. The molecule has 0 saturated carbocycles. The number of benzene rings is 1. The van der Waals surface area contributed by atoms with Gasteiger partial charge in [0.15, 0.2) is 11.5 Å². The summed E-state index contributed by atoms with van der Waals surface area (Å²) >= 11 is 0. The van der Waals surface area contributed by atoms with Crippen LogP contribution in [0.2, 0.25) is 0 Å². The fraction of sp³-hybridized carbons (Fsp3) is 0.474. The first-order valence-corrected chi connectivity index (χ1v) is 7.79. The monoisotopic (exact) mass is 320 g/mol. The number of methoxy groups -OCH3 is 2. The molecule has 0 amide bonds. The van der Waals surface area contributed by atoms with Gasteiger partial charge in [-0.05, 0) is 57.4 Å². The van der Waals surface area contributed by atoms with Crippen molar-refractivity contribution in [1.29, 1.82) is 0 Å². The lowest BCUT2D eigenvalue weighted by atomic mass is 10.1. The van der Waals surface area contributed by atoms with Crippen LogP contribution in [0.5, 0.6) is 17.2 Å². The van der Waals surface area contributed by atoms with E-state index in [2.05, 4.69) is 32.9 Å². The maximum absolute atomic E-state index is 9.27. The van der Waals surface area contributed by atoms with Crippen LogP contribution in [0.3, 0.4) is 0 Å². The smallest absolute Gasteiger partial charge is 0.203 e. The third-order valence-electron chi connectivity index (χ3n) is 3.45. The molecule has 0 radical (unpaired) electrons. The van der Waals surface area contributed by atoms with E-state index >= 15 is 0 Å². The zero-order valence-electron chi connectivity index (χ0n) is 14.8. The molecule has 1 N–H and O–H groups in total. The standard InChI is InChI=1S/C19H28O4/c1-14(2)7-6-8-15(3)9-10-23-19-17(21-4)11-16(13-20)12-18(19)22-5/h7,9,11-12,20H,6,8,10,13H2,1-5H3/b15-9+. The van der Waals surface area contributed by atoms with Crippen molar-refractivity contribution in [3.05, 3.63) is 41.0 Å². The van der Waals surface area contributed by atoms with Crippen LogP contribution in [0.1, 0.15) is 39.2 Å². The summed E-state index contributed by atoms with van der Waals surface area (Å²) in [4.78, 5) is 0. The zero-order chi connectivity index (χ0) is 17.2. The van der Waals surface area contributed by atoms with Crippen molar-refractivity contribution in [2.24, 2.45) is 0 Å². The second kappa shape index (κ2) is 9.95. The van der Waals surface area contributed by atoms with E-state index in [0.29, 0.717) is 23.9 Å². The Labute approximate surface area is 139 Å². The van der Waals surface area contributed by atoms with E-state index < -0.39 is 0 Å². The molecule has 0 aliphatic carbocycles. The molecule has 0 heterocycles. The quantitative estimate of drug-likeness (QED) is 0.690. The molecule has 1 aromatic rings. The van der Waals surface area contributed by atoms with Crippen molar-refractivity contribution < 1.29 is 19.3 Å². The van der Waals surface area contributed by atoms with Gasteiger partial charge in [-0.15, -0.1) is 0 Å². The molecule has 4 heteroatoms. The number of ether oxygens (including phenoxy) is 3. The zero-order valence-corrected chi connectivity index (χ0v) is 14.8. The van der Waals surface area contributed by atoms with Gasteiger partial charge in [0.1, 0.15) is 6.61 Å². The summed E-state index contributed by atoms with van der Waals surface area (Å²) < 4.78 is 16.5. The Bertz CT molecular complexity index is 529. The van der Waals surface area contributed by atoms with E-state index in [-0.39, 0.29) is 6.61 Å². The molecule has 1 aromatic carbocycles. The van der Waals surface area contributed by atoms with Crippen LogP contribution >= 0.6 is 0 Å². The maximum Gasteiger partial charge on any atom is 0.203 e. The summed E-state index contributed by atoms with van der Waals surface area (Å²) in [6, 6.07) is 3.51. The van der Waals surface area contributed by atoms with Gasteiger partial charge in [-0.25, -0.2) is 0 Å². The highest BCUT2D eigenvalue weighted by Crippen LogP contribution is 2.38. The van der Waals surface area contributed by atoms with Crippen molar-refractivity contribution >= 4 is 0 Å². The van der Waals surface area contributed by atoms with Gasteiger partial charge >= 0.3 is 0 Å². The van der Waals surface area contributed by atoms with Gasteiger partial charge in [-0.3, -0.25) is 0 Å². The van der Waals surface area contributed by atoms with E-state index in [1.165, 1.54) is 11.1 Å². The average Bonchev–Trinajstić information content (AvgIpc) is 2.54. The van der Waals surface area contributed by atoms with E-state index in [9.17, 15) is 5.11 Å². The van der Waals surface area contributed by atoms with Crippen molar-refractivity contribution in [2.75, 3.05) is 20.8 Å². The number of hydrogen-bond acceptors (Lipinski definition) is 4. The van der Waals surface area contributed by atoms with E-state index in [0.717, 1.165) is 18.4 Å². The highest BCUT2D eigenvalue weighted by molar-refractivity contribution is 5.53. The van der Waals surface area contributed by atoms with E-state index in [1.807, 2.05) is 0 Å². The van der Waals surface area contributed by atoms with Gasteiger partial charge in [0.25, 0.3) is 0 Å². The molecule has 1 rings (SSSR count). The second-order valence-corrected chi connectivity index (χ2v) is 5.67.